The number of unbranched alkanes of at least 4 members (excludes halogenated alkanes) is 6. The van der Waals surface area contributed by atoms with Gasteiger partial charge < -0.3 is 9.47 Å². The Kier molecular flexibility index (Phi) is 13.2. The third kappa shape index (κ3) is 8.38. The molecule has 1 aliphatic rings. The highest BCUT2D eigenvalue weighted by molar-refractivity contribution is 7.97. The van der Waals surface area contributed by atoms with Crippen molar-refractivity contribution in [3.63, 3.8) is 0 Å². The summed E-state index contributed by atoms with van der Waals surface area (Å²) in [6, 6.07) is 7.90. The Morgan fingerprint density at radius 2 is 0.896 bits per heavy atom. The van der Waals surface area contributed by atoms with Crippen LogP contribution >= 0.6 is 0 Å². The average molecular weight is 701 g/mol. The molecule has 260 valence electrons. The van der Waals surface area contributed by atoms with Gasteiger partial charge in [0.2, 0.25) is 31.2 Å². The van der Waals surface area contributed by atoms with Crippen molar-refractivity contribution in [2.24, 2.45) is 0 Å². The Bertz CT molecular complexity index is 1740. The van der Waals surface area contributed by atoms with Crippen LogP contribution < -0.4 is 0 Å². The minimum Gasteiger partial charge on any atom is -0.462 e. The number of ketones is 2. The first-order valence-electron chi connectivity index (χ1n) is 16.2. The van der Waals surface area contributed by atoms with Gasteiger partial charge in [-0.25, -0.2) is 26.4 Å². The number of carbonyl (C=O) groups excluding carboxylic acids is 4. The monoisotopic (exact) mass is 700 g/mol. The highest BCUT2D eigenvalue weighted by Crippen LogP contribution is 2.38. The summed E-state index contributed by atoms with van der Waals surface area (Å²) in [4.78, 5) is 52.4. The molecule has 3 rings (SSSR count). The van der Waals surface area contributed by atoms with E-state index in [9.17, 15) is 36.0 Å². The van der Waals surface area contributed by atoms with Crippen molar-refractivity contribution in [3.8, 4) is 0 Å². The number of allylic oxidation sites excluding steroid dienone is 2. The molecular formula is C36H44O10S2. The van der Waals surface area contributed by atoms with Crippen molar-refractivity contribution in [2.45, 2.75) is 103 Å². The zero-order valence-electron chi connectivity index (χ0n) is 28.4. The van der Waals surface area contributed by atoms with Crippen molar-refractivity contribution >= 4 is 43.2 Å². The lowest BCUT2D eigenvalue weighted by Crippen LogP contribution is -2.37. The third-order valence-corrected chi connectivity index (χ3v) is 11.9. The van der Waals surface area contributed by atoms with E-state index in [0.29, 0.717) is 36.8 Å². The van der Waals surface area contributed by atoms with Gasteiger partial charge in [-0.05, 0) is 87.1 Å². The van der Waals surface area contributed by atoms with Crippen LogP contribution in [-0.4, -0.2) is 53.6 Å². The molecule has 0 saturated carbocycles. The van der Waals surface area contributed by atoms with Gasteiger partial charge in [-0.2, -0.15) is 0 Å². The topological polar surface area (TPSA) is 155 Å². The molecule has 0 aromatic heterocycles. The molecule has 0 bridgehead atoms. The molecule has 0 N–H and O–H groups in total. The number of hydrogen-bond acceptors (Lipinski definition) is 10. The quantitative estimate of drug-likeness (QED) is 0.0872. The smallest absolute Gasteiger partial charge is 0.343 e. The van der Waals surface area contributed by atoms with Crippen LogP contribution in [-0.2, 0) is 48.3 Å². The second-order valence-electron chi connectivity index (χ2n) is 12.0. The van der Waals surface area contributed by atoms with E-state index in [4.69, 9.17) is 9.47 Å². The van der Waals surface area contributed by atoms with Crippen molar-refractivity contribution < 1.29 is 45.5 Å². The van der Waals surface area contributed by atoms with E-state index < -0.39 is 73.9 Å². The van der Waals surface area contributed by atoms with Gasteiger partial charge >= 0.3 is 11.9 Å². The number of aryl methyl sites for hydroxylation is 4. The summed E-state index contributed by atoms with van der Waals surface area (Å²) < 4.78 is 67.3. The molecule has 0 radical (unpaired) electrons. The normalized spacial score (nSPS) is 14.0. The summed E-state index contributed by atoms with van der Waals surface area (Å²) >= 11 is 0. The Balaban J connectivity index is 2.32. The van der Waals surface area contributed by atoms with Gasteiger partial charge in [0.1, 0.15) is 21.0 Å². The first-order chi connectivity index (χ1) is 22.6. The van der Waals surface area contributed by atoms with Crippen LogP contribution in [0.15, 0.2) is 67.1 Å². The van der Waals surface area contributed by atoms with Gasteiger partial charge in [-0.15, -0.1) is 0 Å². The Morgan fingerprint density at radius 1 is 0.542 bits per heavy atom. The maximum atomic E-state index is 14.3. The Morgan fingerprint density at radius 3 is 1.21 bits per heavy atom. The molecule has 10 nitrogen and oxygen atoms in total. The summed E-state index contributed by atoms with van der Waals surface area (Å²) in [7, 11) is -9.98. The molecule has 0 heterocycles. The molecule has 48 heavy (non-hydrogen) atoms. The van der Waals surface area contributed by atoms with Crippen molar-refractivity contribution in [1.29, 1.82) is 0 Å². The summed E-state index contributed by atoms with van der Waals surface area (Å²) in [5, 5.41) is 0. The molecular weight excluding hydrogens is 657 g/mol. The van der Waals surface area contributed by atoms with Crippen LogP contribution in [0.2, 0.25) is 0 Å². The highest BCUT2D eigenvalue weighted by atomic mass is 32.2. The summed E-state index contributed by atoms with van der Waals surface area (Å²) in [5.74, 6) is -6.22. The molecule has 0 spiro atoms. The number of benzene rings is 2. The third-order valence-electron chi connectivity index (χ3n) is 8.31. The van der Waals surface area contributed by atoms with E-state index in [-0.39, 0.29) is 13.2 Å². The van der Waals surface area contributed by atoms with Crippen LogP contribution in [0.4, 0.5) is 0 Å². The predicted molar refractivity (Wildman–Crippen MR) is 180 cm³/mol. The van der Waals surface area contributed by atoms with E-state index in [2.05, 4.69) is 0 Å². The van der Waals surface area contributed by atoms with Crippen LogP contribution in [0.3, 0.4) is 0 Å². The van der Waals surface area contributed by atoms with Crippen LogP contribution in [0.25, 0.3) is 0 Å². The molecule has 1 aliphatic carbocycles. The number of esters is 2. The first kappa shape index (κ1) is 38.5. The van der Waals surface area contributed by atoms with E-state index in [1.54, 1.807) is 27.7 Å². The van der Waals surface area contributed by atoms with Gasteiger partial charge in [0.25, 0.3) is 0 Å². The fourth-order valence-electron chi connectivity index (χ4n) is 5.07. The van der Waals surface area contributed by atoms with E-state index >= 15 is 0 Å². The largest absolute Gasteiger partial charge is 0.462 e. The molecule has 2 aromatic rings. The predicted octanol–water partition coefficient (Wildman–Crippen LogP) is 6.07. The second kappa shape index (κ2) is 16.5. The van der Waals surface area contributed by atoms with E-state index in [0.717, 1.165) is 36.8 Å². The number of ether oxygens (including phenoxy) is 2. The van der Waals surface area contributed by atoms with Gasteiger partial charge in [0.05, 0.1) is 23.0 Å². The molecule has 0 saturated heterocycles. The molecule has 0 fully saturated rings. The zero-order valence-corrected chi connectivity index (χ0v) is 30.1. The van der Waals surface area contributed by atoms with Crippen molar-refractivity contribution in [2.75, 3.05) is 13.2 Å². The fourth-order valence-corrected chi connectivity index (χ4v) is 8.28. The van der Waals surface area contributed by atoms with Gasteiger partial charge in [0.15, 0.2) is 0 Å². The first-order valence-corrected chi connectivity index (χ1v) is 19.1. The second-order valence-corrected chi connectivity index (χ2v) is 15.7. The lowest BCUT2D eigenvalue weighted by molar-refractivity contribution is -0.143. The molecule has 0 unspecified atom stereocenters. The average Bonchev–Trinajstić information content (AvgIpc) is 3.03. The number of rotatable bonds is 16. The van der Waals surface area contributed by atoms with Gasteiger partial charge in [0, 0.05) is 0 Å². The molecule has 0 amide bonds. The van der Waals surface area contributed by atoms with E-state index in [1.165, 1.54) is 36.4 Å². The minimum atomic E-state index is -4.99. The highest BCUT2D eigenvalue weighted by Gasteiger charge is 2.51. The minimum absolute atomic E-state index is 0.212. The standard InChI is InChI=1S/C36H44O10S2/c1-7-9-11-13-19-45-35(39)29-31(37)34(48(43,44)28-18-16-24(4)26(6)22-28)30(36(40)46-20-14-12-10-8-2)32(38)33(29)47(41,42)27-17-15-23(3)25(5)21-27/h15-18,21-22H,7-14,19-20H2,1-6H3. The van der Waals surface area contributed by atoms with Crippen LogP contribution in [0.1, 0.15) is 87.5 Å². The molecule has 0 aliphatic heterocycles. The van der Waals surface area contributed by atoms with Crippen molar-refractivity contribution in [3.05, 3.63) is 79.6 Å². The lowest BCUT2D eigenvalue weighted by Gasteiger charge is -2.23. The molecule has 2 aromatic carbocycles. The maximum absolute atomic E-state index is 14.3. The SMILES string of the molecule is CCCCCCOC(=O)C1=C(S(=O)(=O)c2ccc(C)c(C)c2)C(=O)C(C(=O)OCCCCCC)=C(S(=O)(=O)c2ccc(C)c(C)c2)C1=O. The fraction of sp³-hybridized carbons (Fsp3) is 0.444. The van der Waals surface area contributed by atoms with Gasteiger partial charge in [-0.3, -0.25) is 9.59 Å². The Hall–Kier alpha value is -3.90. The Labute approximate surface area is 283 Å². The number of carbonyl (C=O) groups is 4. The number of Topliss-reactive ketones (excluding diaryl/α,β-unsaturated/α-hetero) is 2. The lowest BCUT2D eigenvalue weighted by atomic mass is 9.96. The van der Waals surface area contributed by atoms with Crippen molar-refractivity contribution in [1.82, 2.24) is 0 Å². The zero-order chi connectivity index (χ0) is 35.8. The summed E-state index contributed by atoms with van der Waals surface area (Å²) in [6.07, 6.45) is 5.53. The van der Waals surface area contributed by atoms with Crippen LogP contribution in [0.5, 0.6) is 0 Å². The maximum Gasteiger partial charge on any atom is 0.343 e. The summed E-state index contributed by atoms with van der Waals surface area (Å²) in [6.45, 7) is 10.3. The molecule has 12 heteroatoms. The molecule has 0 atom stereocenters. The van der Waals surface area contributed by atoms with Gasteiger partial charge in [-0.1, -0.05) is 64.5 Å². The van der Waals surface area contributed by atoms with Crippen LogP contribution in [0, 0.1) is 27.7 Å². The van der Waals surface area contributed by atoms with E-state index in [1.807, 2.05) is 13.8 Å². The number of hydrogen-bond donors (Lipinski definition) is 0. The number of sulfone groups is 2. The summed E-state index contributed by atoms with van der Waals surface area (Å²) in [5.41, 5.74) is -0.00575.